The Kier molecular flexibility index (Phi) is 7.40. The molecule has 0 aliphatic rings. The lowest BCUT2D eigenvalue weighted by molar-refractivity contribution is -0.104. The minimum Gasteiger partial charge on any atom is -0.452 e. The van der Waals surface area contributed by atoms with Gasteiger partial charge in [-0.25, -0.2) is 4.39 Å². The molecule has 1 amide bonds. The number of allylic oxidation sites excluding steroid dienone is 2. The number of aldehydes is 1. The van der Waals surface area contributed by atoms with E-state index in [2.05, 4.69) is 10.6 Å². The van der Waals surface area contributed by atoms with Gasteiger partial charge in [0.1, 0.15) is 12.0 Å². The summed E-state index contributed by atoms with van der Waals surface area (Å²) < 4.78 is 19.5. The molecular formula is C19H15Cl2FN2O3. The second-order valence-electron chi connectivity index (χ2n) is 5.13. The average Bonchev–Trinajstić information content (AvgIpc) is 2.63. The fourth-order valence-corrected chi connectivity index (χ4v) is 2.41. The molecule has 0 heterocycles. The Morgan fingerprint density at radius 2 is 2.00 bits per heavy atom. The normalized spacial score (nSPS) is 11.3. The molecule has 2 N–H and O–H groups in total. The molecule has 0 fully saturated rings. The quantitative estimate of drug-likeness (QED) is 0.402. The topological polar surface area (TPSA) is 67.4 Å². The van der Waals surface area contributed by atoms with Crippen molar-refractivity contribution in [3.05, 3.63) is 81.9 Å². The molecule has 0 aliphatic heterocycles. The zero-order valence-electron chi connectivity index (χ0n) is 14.1. The van der Waals surface area contributed by atoms with Gasteiger partial charge in [0.15, 0.2) is 11.6 Å². The van der Waals surface area contributed by atoms with Gasteiger partial charge in [0.25, 0.3) is 5.91 Å². The van der Waals surface area contributed by atoms with Crippen molar-refractivity contribution in [1.29, 1.82) is 0 Å². The summed E-state index contributed by atoms with van der Waals surface area (Å²) in [6.07, 6.45) is 4.74. The van der Waals surface area contributed by atoms with Crippen molar-refractivity contribution >= 4 is 35.4 Å². The summed E-state index contributed by atoms with van der Waals surface area (Å²) in [5.41, 5.74) is 0.322. The zero-order valence-corrected chi connectivity index (χ0v) is 15.6. The highest BCUT2D eigenvalue weighted by atomic mass is 35.5. The molecule has 2 aromatic rings. The molecule has 2 rings (SSSR count). The average molecular weight is 409 g/mol. The minimum absolute atomic E-state index is 0.00930. The van der Waals surface area contributed by atoms with Crippen LogP contribution in [-0.2, 0) is 4.79 Å². The highest BCUT2D eigenvalue weighted by molar-refractivity contribution is 6.32. The van der Waals surface area contributed by atoms with Crippen LogP contribution in [0.3, 0.4) is 0 Å². The van der Waals surface area contributed by atoms with E-state index in [9.17, 15) is 14.0 Å². The molecule has 0 bridgehead atoms. The maximum absolute atomic E-state index is 14.0. The molecule has 27 heavy (non-hydrogen) atoms. The predicted octanol–water partition coefficient (Wildman–Crippen LogP) is 4.47. The van der Waals surface area contributed by atoms with E-state index in [1.165, 1.54) is 54.8 Å². The first-order chi connectivity index (χ1) is 13.0. The summed E-state index contributed by atoms with van der Waals surface area (Å²) in [5, 5.41) is 5.63. The minimum atomic E-state index is -0.688. The predicted molar refractivity (Wildman–Crippen MR) is 103 cm³/mol. The summed E-state index contributed by atoms with van der Waals surface area (Å²) in [6, 6.07) is 8.34. The number of nitrogens with one attached hydrogen (secondary N) is 2. The SMILES string of the molecule is CN/C=C\C(=C/C=O)NC(=O)c1ccc(Cl)cc1Oc1c(F)cccc1Cl. The van der Waals surface area contributed by atoms with Gasteiger partial charge in [-0.3, -0.25) is 9.59 Å². The van der Waals surface area contributed by atoms with E-state index in [0.717, 1.165) is 0 Å². The van der Waals surface area contributed by atoms with Gasteiger partial charge in [0, 0.05) is 29.9 Å². The lowest BCUT2D eigenvalue weighted by atomic mass is 10.1. The fourth-order valence-electron chi connectivity index (χ4n) is 2.04. The second kappa shape index (κ2) is 9.75. The van der Waals surface area contributed by atoms with Gasteiger partial charge in [-0.2, -0.15) is 0 Å². The molecule has 5 nitrogen and oxygen atoms in total. The van der Waals surface area contributed by atoms with Gasteiger partial charge in [0.2, 0.25) is 0 Å². The van der Waals surface area contributed by atoms with Gasteiger partial charge in [-0.05, 0) is 36.5 Å². The van der Waals surface area contributed by atoms with Crippen molar-refractivity contribution in [3.63, 3.8) is 0 Å². The van der Waals surface area contributed by atoms with Crippen LogP contribution in [0.25, 0.3) is 0 Å². The van der Waals surface area contributed by atoms with Gasteiger partial charge in [-0.15, -0.1) is 0 Å². The first-order valence-corrected chi connectivity index (χ1v) is 8.44. The van der Waals surface area contributed by atoms with Crippen molar-refractivity contribution in [3.8, 4) is 11.5 Å². The Balaban J connectivity index is 2.37. The Morgan fingerprint density at radius 3 is 2.67 bits per heavy atom. The van der Waals surface area contributed by atoms with E-state index in [1.54, 1.807) is 7.05 Å². The third-order valence-electron chi connectivity index (χ3n) is 3.25. The Morgan fingerprint density at radius 1 is 1.22 bits per heavy atom. The molecule has 0 saturated carbocycles. The number of rotatable bonds is 7. The molecule has 0 spiro atoms. The fraction of sp³-hybridized carbons (Fsp3) is 0.0526. The highest BCUT2D eigenvalue weighted by Crippen LogP contribution is 2.34. The number of hydrogen-bond acceptors (Lipinski definition) is 4. The van der Waals surface area contributed by atoms with Crippen LogP contribution in [0.1, 0.15) is 10.4 Å². The molecule has 0 aromatic heterocycles. The molecule has 0 saturated heterocycles. The number of hydrogen-bond donors (Lipinski definition) is 2. The van der Waals surface area contributed by atoms with Crippen molar-refractivity contribution in [2.75, 3.05) is 7.05 Å². The van der Waals surface area contributed by atoms with Crippen molar-refractivity contribution in [2.45, 2.75) is 0 Å². The van der Waals surface area contributed by atoms with Crippen LogP contribution in [0.5, 0.6) is 11.5 Å². The third kappa shape index (κ3) is 5.57. The standard InChI is InChI=1S/C19H15Cl2FN2O3/c1-23-9-7-13(8-10-25)24-19(26)14-6-5-12(20)11-17(14)27-18-15(21)3-2-4-16(18)22/h2-11,23H,1H3,(H,24,26)/b9-7-,13-8+. The molecule has 8 heteroatoms. The maximum Gasteiger partial charge on any atom is 0.259 e. The van der Waals surface area contributed by atoms with E-state index < -0.39 is 11.7 Å². The number of benzene rings is 2. The van der Waals surface area contributed by atoms with E-state index in [4.69, 9.17) is 27.9 Å². The largest absolute Gasteiger partial charge is 0.452 e. The molecule has 2 aromatic carbocycles. The van der Waals surface area contributed by atoms with Crippen molar-refractivity contribution < 1.29 is 18.7 Å². The second-order valence-corrected chi connectivity index (χ2v) is 5.97. The summed E-state index contributed by atoms with van der Waals surface area (Å²) in [5.74, 6) is -1.49. The number of carbonyl (C=O) groups excluding carboxylic acids is 2. The van der Waals surface area contributed by atoms with Crippen molar-refractivity contribution in [2.24, 2.45) is 0 Å². The number of carbonyl (C=O) groups is 2. The Labute approximate surface area is 165 Å². The molecule has 140 valence electrons. The van der Waals surface area contributed by atoms with E-state index in [-0.39, 0.29) is 32.8 Å². The molecule has 0 atom stereocenters. The number of ether oxygens (including phenoxy) is 1. The van der Waals surface area contributed by atoms with E-state index in [1.807, 2.05) is 0 Å². The third-order valence-corrected chi connectivity index (χ3v) is 3.79. The van der Waals surface area contributed by atoms with Gasteiger partial charge in [0.05, 0.1) is 10.6 Å². The van der Waals surface area contributed by atoms with Gasteiger partial charge < -0.3 is 15.4 Å². The number of amides is 1. The first-order valence-electron chi connectivity index (χ1n) is 7.68. The zero-order chi connectivity index (χ0) is 19.8. The smallest absolute Gasteiger partial charge is 0.259 e. The summed E-state index contributed by atoms with van der Waals surface area (Å²) >= 11 is 11.9. The maximum atomic E-state index is 14.0. The van der Waals surface area contributed by atoms with Crippen molar-refractivity contribution in [1.82, 2.24) is 10.6 Å². The van der Waals surface area contributed by atoms with E-state index >= 15 is 0 Å². The summed E-state index contributed by atoms with van der Waals surface area (Å²) in [4.78, 5) is 23.4. The van der Waals surface area contributed by atoms with Crippen LogP contribution in [-0.4, -0.2) is 19.2 Å². The van der Waals surface area contributed by atoms with Crippen LogP contribution in [0, 0.1) is 5.82 Å². The van der Waals surface area contributed by atoms with E-state index in [0.29, 0.717) is 6.29 Å². The van der Waals surface area contributed by atoms with Crippen LogP contribution in [0.15, 0.2) is 60.4 Å². The first kappa shape index (κ1) is 20.5. The monoisotopic (exact) mass is 408 g/mol. The number of halogens is 3. The molecule has 0 radical (unpaired) electrons. The van der Waals surface area contributed by atoms with Gasteiger partial charge in [-0.1, -0.05) is 29.3 Å². The summed E-state index contributed by atoms with van der Waals surface area (Å²) in [7, 11) is 1.67. The van der Waals surface area contributed by atoms with Crippen LogP contribution >= 0.6 is 23.2 Å². The Bertz CT molecular complexity index is 894. The van der Waals surface area contributed by atoms with Crippen LogP contribution in [0.2, 0.25) is 10.0 Å². The lowest BCUT2D eigenvalue weighted by Crippen LogP contribution is -2.23. The lowest BCUT2D eigenvalue weighted by Gasteiger charge is -2.13. The molecule has 0 aliphatic carbocycles. The highest BCUT2D eigenvalue weighted by Gasteiger charge is 2.17. The van der Waals surface area contributed by atoms with Crippen LogP contribution in [0.4, 0.5) is 4.39 Å². The molecular weight excluding hydrogens is 394 g/mol. The van der Waals surface area contributed by atoms with Crippen LogP contribution < -0.4 is 15.4 Å². The summed E-state index contributed by atoms with van der Waals surface area (Å²) in [6.45, 7) is 0. The number of para-hydroxylation sites is 1. The molecule has 0 unspecified atom stereocenters. The van der Waals surface area contributed by atoms with Gasteiger partial charge >= 0.3 is 0 Å². The Hall–Kier alpha value is -2.83.